The highest BCUT2D eigenvalue weighted by molar-refractivity contribution is 5.94. The Morgan fingerprint density at radius 3 is 2.59 bits per heavy atom. The molecular weight excluding hydrogens is 407 g/mol. The minimum Gasteiger partial charge on any atom is -0.496 e. The third-order valence-corrected chi connectivity index (χ3v) is 6.43. The average Bonchev–Trinajstić information content (AvgIpc) is 3.43. The molecule has 0 spiro atoms. The smallest absolute Gasteiger partial charge is 0.274 e. The van der Waals surface area contributed by atoms with Gasteiger partial charge in [0.05, 0.1) is 12.8 Å². The van der Waals surface area contributed by atoms with E-state index in [2.05, 4.69) is 4.90 Å². The maximum Gasteiger partial charge on any atom is 0.274 e. The van der Waals surface area contributed by atoms with Crippen LogP contribution >= 0.6 is 0 Å². The van der Waals surface area contributed by atoms with E-state index < -0.39 is 0 Å². The number of fused-ring (bicyclic) bond motifs is 1. The van der Waals surface area contributed by atoms with Gasteiger partial charge in [0.15, 0.2) is 5.69 Å². The zero-order valence-electron chi connectivity index (χ0n) is 18.3. The fourth-order valence-corrected chi connectivity index (χ4v) is 4.76. The van der Waals surface area contributed by atoms with Crippen molar-refractivity contribution < 1.29 is 13.9 Å². The molecule has 2 aliphatic rings. The lowest BCUT2D eigenvalue weighted by molar-refractivity contribution is 0.0620. The number of hydrogen-bond donors (Lipinski definition) is 0. The molecule has 3 aromatic rings. The van der Waals surface area contributed by atoms with Gasteiger partial charge in [-0.3, -0.25) is 9.69 Å². The van der Waals surface area contributed by atoms with Crippen molar-refractivity contribution in [1.29, 1.82) is 0 Å². The molecule has 1 amide bonds. The number of methoxy groups -OCH3 is 1. The fraction of sp³-hybridized carbons (Fsp3) is 0.360. The van der Waals surface area contributed by atoms with Crippen molar-refractivity contribution in [2.45, 2.75) is 25.8 Å². The van der Waals surface area contributed by atoms with E-state index in [0.717, 1.165) is 54.9 Å². The number of nitrogens with zero attached hydrogens (tertiary/aromatic N) is 4. The number of piperazine rings is 1. The number of ether oxygens (including phenoxy) is 1. The first-order valence-electron chi connectivity index (χ1n) is 11.1. The monoisotopic (exact) mass is 434 g/mol. The number of aromatic nitrogens is 2. The Morgan fingerprint density at radius 1 is 1.06 bits per heavy atom. The lowest BCUT2D eigenvalue weighted by Gasteiger charge is -2.34. The Labute approximate surface area is 187 Å². The molecule has 0 atom stereocenters. The van der Waals surface area contributed by atoms with Crippen LogP contribution < -0.4 is 4.74 Å². The first kappa shape index (κ1) is 20.7. The van der Waals surface area contributed by atoms with E-state index in [1.54, 1.807) is 13.2 Å². The summed E-state index contributed by atoms with van der Waals surface area (Å²) in [6.45, 7) is 3.31. The summed E-state index contributed by atoms with van der Waals surface area (Å²) in [5.74, 6) is 0.435. The first-order chi connectivity index (χ1) is 15.6. The predicted molar refractivity (Wildman–Crippen MR) is 120 cm³/mol. The van der Waals surface area contributed by atoms with Crippen molar-refractivity contribution in [2.75, 3.05) is 33.3 Å². The van der Waals surface area contributed by atoms with Crippen molar-refractivity contribution in [3.8, 4) is 11.4 Å². The van der Waals surface area contributed by atoms with E-state index >= 15 is 0 Å². The van der Waals surface area contributed by atoms with Crippen LogP contribution in [0.15, 0.2) is 48.5 Å². The number of rotatable bonds is 5. The quantitative estimate of drug-likeness (QED) is 0.617. The van der Waals surface area contributed by atoms with Crippen LogP contribution in [0.2, 0.25) is 0 Å². The van der Waals surface area contributed by atoms with Gasteiger partial charge >= 0.3 is 0 Å². The lowest BCUT2D eigenvalue weighted by Crippen LogP contribution is -2.48. The molecule has 0 bridgehead atoms. The largest absolute Gasteiger partial charge is 0.496 e. The minimum absolute atomic E-state index is 0.0146. The Bertz CT molecular complexity index is 1120. The van der Waals surface area contributed by atoms with Crippen LogP contribution in [0, 0.1) is 5.82 Å². The number of benzene rings is 2. The third-order valence-electron chi connectivity index (χ3n) is 6.43. The summed E-state index contributed by atoms with van der Waals surface area (Å²) in [6.07, 6.45) is 2.92. The second-order valence-corrected chi connectivity index (χ2v) is 8.40. The molecule has 32 heavy (non-hydrogen) atoms. The molecule has 5 rings (SSSR count). The molecule has 1 aliphatic carbocycles. The number of para-hydroxylation sites is 1. The van der Waals surface area contributed by atoms with Crippen LogP contribution in [-0.4, -0.2) is 58.8 Å². The highest BCUT2D eigenvalue weighted by Gasteiger charge is 2.31. The molecule has 6 nitrogen and oxygen atoms in total. The minimum atomic E-state index is -0.266. The zero-order valence-corrected chi connectivity index (χ0v) is 18.3. The normalized spacial score (nSPS) is 16.2. The fourth-order valence-electron chi connectivity index (χ4n) is 4.76. The summed E-state index contributed by atoms with van der Waals surface area (Å²) in [7, 11) is 1.60. The van der Waals surface area contributed by atoms with Crippen LogP contribution in [-0.2, 0) is 19.4 Å². The van der Waals surface area contributed by atoms with E-state index in [0.29, 0.717) is 31.1 Å². The number of halogens is 1. The van der Waals surface area contributed by atoms with Gasteiger partial charge in [-0.25, -0.2) is 9.07 Å². The topological polar surface area (TPSA) is 50.6 Å². The zero-order chi connectivity index (χ0) is 22.1. The van der Waals surface area contributed by atoms with Gasteiger partial charge < -0.3 is 9.64 Å². The van der Waals surface area contributed by atoms with Crippen LogP contribution in [0.25, 0.3) is 5.69 Å². The molecular formula is C25H27FN4O2. The Kier molecular flexibility index (Phi) is 5.66. The molecule has 1 aromatic heterocycles. The Balaban J connectivity index is 1.29. The molecule has 0 saturated carbocycles. The Hall–Kier alpha value is -3.19. The SMILES string of the molecule is COc1ccc(F)cc1CN1CCN(C(=O)c2nn(-c3ccccc3)c3c2CCC3)CC1. The number of carbonyl (C=O) groups excluding carboxylic acids is 1. The summed E-state index contributed by atoms with van der Waals surface area (Å²) in [5, 5.41) is 4.75. The van der Waals surface area contributed by atoms with Gasteiger partial charge in [0.2, 0.25) is 0 Å². The molecule has 1 aliphatic heterocycles. The van der Waals surface area contributed by atoms with Crippen molar-refractivity contribution in [3.63, 3.8) is 0 Å². The van der Waals surface area contributed by atoms with Crippen LogP contribution in [0.3, 0.4) is 0 Å². The molecule has 0 radical (unpaired) electrons. The van der Waals surface area contributed by atoms with Crippen molar-refractivity contribution in [2.24, 2.45) is 0 Å². The third kappa shape index (κ3) is 3.88. The van der Waals surface area contributed by atoms with E-state index in [4.69, 9.17) is 9.84 Å². The maximum atomic E-state index is 13.7. The van der Waals surface area contributed by atoms with E-state index in [1.165, 1.54) is 12.1 Å². The van der Waals surface area contributed by atoms with Crippen molar-refractivity contribution in [3.05, 3.63) is 76.9 Å². The van der Waals surface area contributed by atoms with Gasteiger partial charge in [0.25, 0.3) is 5.91 Å². The molecule has 2 heterocycles. The summed E-state index contributed by atoms with van der Waals surface area (Å²) in [6, 6.07) is 14.6. The molecule has 7 heteroatoms. The van der Waals surface area contributed by atoms with Gasteiger partial charge in [-0.15, -0.1) is 0 Å². The lowest BCUT2D eigenvalue weighted by atomic mass is 10.1. The summed E-state index contributed by atoms with van der Waals surface area (Å²) in [5.41, 5.74) is 4.69. The average molecular weight is 435 g/mol. The van der Waals surface area contributed by atoms with Gasteiger partial charge in [0.1, 0.15) is 11.6 Å². The van der Waals surface area contributed by atoms with Crippen LogP contribution in [0.4, 0.5) is 4.39 Å². The Morgan fingerprint density at radius 2 is 1.84 bits per heavy atom. The van der Waals surface area contributed by atoms with Crippen molar-refractivity contribution in [1.82, 2.24) is 19.6 Å². The summed E-state index contributed by atoms with van der Waals surface area (Å²) >= 11 is 0. The first-order valence-corrected chi connectivity index (χ1v) is 11.1. The maximum absolute atomic E-state index is 13.7. The summed E-state index contributed by atoms with van der Waals surface area (Å²) < 4.78 is 21.0. The standard InChI is InChI=1S/C25H27FN4O2/c1-32-23-11-10-19(26)16-18(23)17-28-12-14-29(15-13-28)25(31)24-21-8-5-9-22(21)30(27-24)20-6-3-2-4-7-20/h2-4,6-7,10-11,16H,5,8-9,12-15,17H2,1H3. The molecule has 2 aromatic carbocycles. The van der Waals surface area contributed by atoms with E-state index in [-0.39, 0.29) is 11.7 Å². The van der Waals surface area contributed by atoms with Gasteiger partial charge in [-0.05, 0) is 49.6 Å². The number of hydrogen-bond acceptors (Lipinski definition) is 4. The van der Waals surface area contributed by atoms with E-state index in [9.17, 15) is 9.18 Å². The highest BCUT2D eigenvalue weighted by Crippen LogP contribution is 2.29. The van der Waals surface area contributed by atoms with Gasteiger partial charge in [-0.2, -0.15) is 5.10 Å². The highest BCUT2D eigenvalue weighted by atomic mass is 19.1. The molecule has 166 valence electrons. The predicted octanol–water partition coefficient (Wildman–Crippen LogP) is 3.47. The summed E-state index contributed by atoms with van der Waals surface area (Å²) in [4.78, 5) is 17.5. The molecule has 0 N–H and O–H groups in total. The van der Waals surface area contributed by atoms with Gasteiger partial charge in [0, 0.05) is 49.5 Å². The number of carbonyl (C=O) groups is 1. The van der Waals surface area contributed by atoms with Crippen LogP contribution in [0.5, 0.6) is 5.75 Å². The second kappa shape index (κ2) is 8.74. The number of amides is 1. The molecule has 0 unspecified atom stereocenters. The second-order valence-electron chi connectivity index (χ2n) is 8.40. The molecule has 1 saturated heterocycles. The van der Waals surface area contributed by atoms with Crippen LogP contribution in [0.1, 0.15) is 33.7 Å². The molecule has 1 fully saturated rings. The van der Waals surface area contributed by atoms with Gasteiger partial charge in [-0.1, -0.05) is 18.2 Å². The van der Waals surface area contributed by atoms with E-state index in [1.807, 2.05) is 39.9 Å². The van der Waals surface area contributed by atoms with Crippen molar-refractivity contribution >= 4 is 5.91 Å².